The van der Waals surface area contributed by atoms with E-state index < -0.39 is 0 Å². The topological polar surface area (TPSA) is 55.0 Å². The summed E-state index contributed by atoms with van der Waals surface area (Å²) in [6, 6.07) is 4.62. The van der Waals surface area contributed by atoms with Gasteiger partial charge in [0, 0.05) is 24.4 Å². The molecule has 2 aromatic rings. The van der Waals surface area contributed by atoms with Gasteiger partial charge in [0.15, 0.2) is 0 Å². The number of aromatic nitrogens is 2. The van der Waals surface area contributed by atoms with E-state index in [0.29, 0.717) is 11.9 Å². The SMILES string of the molecule is CC(Cc1cccs1)N(C)c1cnc(N)cn1. The summed E-state index contributed by atoms with van der Waals surface area (Å²) in [4.78, 5) is 11.8. The molecule has 2 rings (SSSR count). The average Bonchev–Trinajstić information content (AvgIpc) is 2.82. The number of rotatable bonds is 4. The second-order valence-electron chi connectivity index (χ2n) is 4.04. The standard InChI is InChI=1S/C12H16N4S/c1-9(6-10-4-3-5-17-10)16(2)12-8-14-11(13)7-15-12/h3-5,7-9H,6H2,1-2H3,(H2,13,14). The molecule has 0 bridgehead atoms. The molecule has 0 amide bonds. The van der Waals surface area contributed by atoms with Crippen LogP contribution in [-0.4, -0.2) is 23.1 Å². The summed E-state index contributed by atoms with van der Waals surface area (Å²) in [6.45, 7) is 2.18. The van der Waals surface area contributed by atoms with Crippen LogP contribution in [0.3, 0.4) is 0 Å². The van der Waals surface area contributed by atoms with Gasteiger partial charge in [0.25, 0.3) is 0 Å². The molecule has 17 heavy (non-hydrogen) atoms. The van der Waals surface area contributed by atoms with Crippen LogP contribution in [0.2, 0.25) is 0 Å². The largest absolute Gasteiger partial charge is 0.382 e. The Morgan fingerprint density at radius 3 is 2.82 bits per heavy atom. The smallest absolute Gasteiger partial charge is 0.147 e. The van der Waals surface area contributed by atoms with E-state index in [1.807, 2.05) is 7.05 Å². The molecule has 0 saturated carbocycles. The first-order valence-corrected chi connectivity index (χ1v) is 6.37. The molecule has 90 valence electrons. The van der Waals surface area contributed by atoms with E-state index in [2.05, 4.69) is 39.3 Å². The highest BCUT2D eigenvalue weighted by atomic mass is 32.1. The average molecular weight is 248 g/mol. The molecule has 0 aliphatic rings. The summed E-state index contributed by atoms with van der Waals surface area (Å²) < 4.78 is 0. The van der Waals surface area contributed by atoms with Gasteiger partial charge in [0.2, 0.25) is 0 Å². The lowest BCUT2D eigenvalue weighted by Gasteiger charge is -2.25. The van der Waals surface area contributed by atoms with Crippen molar-refractivity contribution in [3.63, 3.8) is 0 Å². The Morgan fingerprint density at radius 2 is 2.24 bits per heavy atom. The number of nitrogen functional groups attached to an aromatic ring is 1. The number of nitrogens with two attached hydrogens (primary N) is 1. The Balaban J connectivity index is 2.04. The van der Waals surface area contributed by atoms with E-state index in [4.69, 9.17) is 5.73 Å². The van der Waals surface area contributed by atoms with Crippen LogP contribution in [0.15, 0.2) is 29.9 Å². The maximum Gasteiger partial charge on any atom is 0.147 e. The van der Waals surface area contributed by atoms with E-state index in [0.717, 1.165) is 12.2 Å². The molecular formula is C12H16N4S. The number of hydrogen-bond donors (Lipinski definition) is 1. The normalized spacial score (nSPS) is 12.4. The summed E-state index contributed by atoms with van der Waals surface area (Å²) in [5.41, 5.74) is 5.52. The molecule has 5 heteroatoms. The maximum atomic E-state index is 5.52. The van der Waals surface area contributed by atoms with Crippen molar-refractivity contribution < 1.29 is 0 Å². The van der Waals surface area contributed by atoms with Gasteiger partial charge in [-0.3, -0.25) is 0 Å². The molecule has 0 spiro atoms. The van der Waals surface area contributed by atoms with Crippen LogP contribution < -0.4 is 10.6 Å². The van der Waals surface area contributed by atoms with Gasteiger partial charge in [0.05, 0.1) is 12.4 Å². The summed E-state index contributed by atoms with van der Waals surface area (Å²) >= 11 is 1.78. The van der Waals surface area contributed by atoms with E-state index in [1.54, 1.807) is 23.7 Å². The second-order valence-corrected chi connectivity index (χ2v) is 5.08. The fourth-order valence-corrected chi connectivity index (χ4v) is 2.42. The van der Waals surface area contributed by atoms with Crippen LogP contribution in [0.5, 0.6) is 0 Å². The number of hydrogen-bond acceptors (Lipinski definition) is 5. The zero-order valence-electron chi connectivity index (χ0n) is 10.00. The van der Waals surface area contributed by atoms with Crippen LogP contribution in [0.1, 0.15) is 11.8 Å². The molecule has 2 aromatic heterocycles. The summed E-state index contributed by atoms with van der Waals surface area (Å²) in [6.07, 6.45) is 4.31. The van der Waals surface area contributed by atoms with Gasteiger partial charge in [-0.05, 0) is 18.4 Å². The third kappa shape index (κ3) is 2.94. The van der Waals surface area contributed by atoms with Crippen molar-refractivity contribution in [2.45, 2.75) is 19.4 Å². The highest BCUT2D eigenvalue weighted by Gasteiger charge is 2.12. The van der Waals surface area contributed by atoms with Gasteiger partial charge >= 0.3 is 0 Å². The Morgan fingerprint density at radius 1 is 1.41 bits per heavy atom. The van der Waals surface area contributed by atoms with Crippen molar-refractivity contribution in [2.24, 2.45) is 0 Å². The van der Waals surface area contributed by atoms with E-state index in [1.165, 1.54) is 4.88 Å². The fourth-order valence-electron chi connectivity index (χ4n) is 1.60. The Bertz CT molecular complexity index is 452. The zero-order chi connectivity index (χ0) is 12.3. The summed E-state index contributed by atoms with van der Waals surface area (Å²) in [7, 11) is 2.03. The van der Waals surface area contributed by atoms with Crippen molar-refractivity contribution in [1.82, 2.24) is 9.97 Å². The molecular weight excluding hydrogens is 232 g/mol. The third-order valence-corrected chi connectivity index (χ3v) is 3.66. The highest BCUT2D eigenvalue weighted by molar-refractivity contribution is 7.09. The predicted molar refractivity (Wildman–Crippen MR) is 72.3 cm³/mol. The van der Waals surface area contributed by atoms with Gasteiger partial charge in [-0.25, -0.2) is 9.97 Å². The van der Waals surface area contributed by atoms with E-state index in [-0.39, 0.29) is 0 Å². The zero-order valence-corrected chi connectivity index (χ0v) is 10.8. The lowest BCUT2D eigenvalue weighted by molar-refractivity contribution is 0.679. The quantitative estimate of drug-likeness (QED) is 0.901. The minimum Gasteiger partial charge on any atom is -0.382 e. The van der Waals surface area contributed by atoms with Crippen LogP contribution >= 0.6 is 11.3 Å². The molecule has 2 N–H and O–H groups in total. The Hall–Kier alpha value is -1.62. The minimum atomic E-state index is 0.381. The fraction of sp³-hybridized carbons (Fsp3) is 0.333. The molecule has 0 radical (unpaired) electrons. The van der Waals surface area contributed by atoms with Crippen molar-refractivity contribution in [3.8, 4) is 0 Å². The summed E-state index contributed by atoms with van der Waals surface area (Å²) in [5, 5.41) is 2.10. The molecule has 2 heterocycles. The lowest BCUT2D eigenvalue weighted by Crippen LogP contribution is -2.31. The van der Waals surface area contributed by atoms with Gasteiger partial charge in [0.1, 0.15) is 11.6 Å². The van der Waals surface area contributed by atoms with Gasteiger partial charge in [-0.2, -0.15) is 0 Å². The lowest BCUT2D eigenvalue weighted by atomic mass is 10.2. The number of nitrogens with zero attached hydrogens (tertiary/aromatic N) is 3. The monoisotopic (exact) mass is 248 g/mol. The Labute approximate surface area is 105 Å². The molecule has 0 aliphatic heterocycles. The number of likely N-dealkylation sites (N-methyl/N-ethyl adjacent to an activating group) is 1. The van der Waals surface area contributed by atoms with Crippen molar-refractivity contribution in [3.05, 3.63) is 34.8 Å². The molecule has 0 saturated heterocycles. The summed E-state index contributed by atoms with van der Waals surface area (Å²) in [5.74, 6) is 1.30. The van der Waals surface area contributed by atoms with Gasteiger partial charge < -0.3 is 10.6 Å². The minimum absolute atomic E-state index is 0.381. The van der Waals surface area contributed by atoms with Gasteiger partial charge in [-0.15, -0.1) is 11.3 Å². The first-order valence-electron chi connectivity index (χ1n) is 5.49. The third-order valence-electron chi connectivity index (χ3n) is 2.76. The van der Waals surface area contributed by atoms with Crippen LogP contribution in [0.25, 0.3) is 0 Å². The molecule has 1 unspecified atom stereocenters. The predicted octanol–water partition coefficient (Wildman–Crippen LogP) is 2.19. The number of anilines is 2. The molecule has 4 nitrogen and oxygen atoms in total. The second kappa shape index (κ2) is 5.14. The van der Waals surface area contributed by atoms with Crippen LogP contribution in [0, 0.1) is 0 Å². The van der Waals surface area contributed by atoms with Gasteiger partial charge in [-0.1, -0.05) is 6.07 Å². The van der Waals surface area contributed by atoms with Crippen LogP contribution in [0.4, 0.5) is 11.6 Å². The molecule has 0 aromatic carbocycles. The molecule has 0 aliphatic carbocycles. The Kier molecular flexibility index (Phi) is 3.58. The van der Waals surface area contributed by atoms with Crippen molar-refractivity contribution in [2.75, 3.05) is 17.7 Å². The number of thiophene rings is 1. The molecule has 0 fully saturated rings. The molecule has 1 atom stereocenters. The van der Waals surface area contributed by atoms with Crippen molar-refractivity contribution in [1.29, 1.82) is 0 Å². The first kappa shape index (κ1) is 11.9. The first-order chi connectivity index (χ1) is 8.16. The van der Waals surface area contributed by atoms with E-state index >= 15 is 0 Å². The highest BCUT2D eigenvalue weighted by Crippen LogP contribution is 2.17. The maximum absolute atomic E-state index is 5.52. The van der Waals surface area contributed by atoms with Crippen molar-refractivity contribution >= 4 is 23.0 Å². The van der Waals surface area contributed by atoms with Crippen LogP contribution in [-0.2, 0) is 6.42 Å². The van der Waals surface area contributed by atoms with E-state index in [9.17, 15) is 0 Å².